The molecule has 4 rings (SSSR count). The molecule has 1 saturated heterocycles. The lowest BCUT2D eigenvalue weighted by atomic mass is 10.0. The first-order valence-electron chi connectivity index (χ1n) is 10.8. The van der Waals surface area contributed by atoms with Crippen molar-refractivity contribution in [2.75, 3.05) is 50.8 Å². The largest absolute Gasteiger partial charge is 0.493 e. The normalized spacial score (nSPS) is 14.6. The van der Waals surface area contributed by atoms with Gasteiger partial charge >= 0.3 is 0 Å². The fourth-order valence-corrected chi connectivity index (χ4v) is 4.06. The summed E-state index contributed by atoms with van der Waals surface area (Å²) in [4.78, 5) is 17.6. The summed E-state index contributed by atoms with van der Waals surface area (Å²) in [5.74, 6) is 0.300. The monoisotopic (exact) mass is 421 g/mol. The van der Waals surface area contributed by atoms with Gasteiger partial charge in [-0.2, -0.15) is 0 Å². The van der Waals surface area contributed by atoms with Crippen LogP contribution in [0.1, 0.15) is 17.3 Å². The van der Waals surface area contributed by atoms with Gasteiger partial charge in [0.15, 0.2) is 0 Å². The summed E-state index contributed by atoms with van der Waals surface area (Å²) in [6.07, 6.45) is 0. The van der Waals surface area contributed by atoms with Crippen LogP contribution in [0.2, 0.25) is 0 Å². The molecule has 0 saturated carbocycles. The van der Waals surface area contributed by atoms with Crippen molar-refractivity contribution in [1.82, 2.24) is 10.2 Å². The molecule has 0 bridgehead atoms. The van der Waals surface area contributed by atoms with E-state index in [1.54, 1.807) is 0 Å². The third-order valence-corrected chi connectivity index (χ3v) is 5.70. The van der Waals surface area contributed by atoms with Crippen LogP contribution in [0.4, 0.5) is 10.1 Å². The van der Waals surface area contributed by atoms with Crippen molar-refractivity contribution in [2.45, 2.75) is 6.92 Å². The van der Waals surface area contributed by atoms with Gasteiger partial charge in [-0.25, -0.2) is 4.39 Å². The molecule has 1 fully saturated rings. The molecule has 3 aromatic carbocycles. The van der Waals surface area contributed by atoms with Crippen LogP contribution in [0.3, 0.4) is 0 Å². The lowest BCUT2D eigenvalue weighted by Crippen LogP contribution is -2.48. The predicted octanol–water partition coefficient (Wildman–Crippen LogP) is 3.93. The molecule has 0 spiro atoms. The summed E-state index contributed by atoms with van der Waals surface area (Å²) < 4.78 is 18.9. The maximum absolute atomic E-state index is 13.1. The molecule has 6 heteroatoms. The van der Waals surface area contributed by atoms with E-state index >= 15 is 0 Å². The zero-order valence-corrected chi connectivity index (χ0v) is 17.8. The molecular weight excluding hydrogens is 393 g/mol. The number of hydrogen-bond donors (Lipinski definition) is 1. The molecule has 31 heavy (non-hydrogen) atoms. The van der Waals surface area contributed by atoms with Crippen LogP contribution >= 0.6 is 0 Å². The third-order valence-electron chi connectivity index (χ3n) is 5.70. The molecule has 1 heterocycles. The molecule has 162 valence electrons. The number of nitrogens with zero attached hydrogens (tertiary/aromatic N) is 2. The smallest absolute Gasteiger partial charge is 0.255 e. The van der Waals surface area contributed by atoms with E-state index in [0.29, 0.717) is 24.5 Å². The highest BCUT2D eigenvalue weighted by Crippen LogP contribution is 2.28. The minimum atomic E-state index is -0.211. The second kappa shape index (κ2) is 9.79. The summed E-state index contributed by atoms with van der Waals surface area (Å²) in [7, 11) is 0. The van der Waals surface area contributed by atoms with Crippen molar-refractivity contribution in [3.8, 4) is 5.75 Å². The molecule has 0 aliphatic carbocycles. The van der Waals surface area contributed by atoms with E-state index in [-0.39, 0.29) is 11.7 Å². The quantitative estimate of drug-likeness (QED) is 0.628. The summed E-state index contributed by atoms with van der Waals surface area (Å²) in [6, 6.07) is 18.4. The summed E-state index contributed by atoms with van der Waals surface area (Å²) >= 11 is 0. The molecule has 3 aromatic rings. The lowest BCUT2D eigenvalue weighted by Gasteiger charge is -2.36. The Balaban J connectivity index is 1.33. The van der Waals surface area contributed by atoms with E-state index in [9.17, 15) is 9.18 Å². The number of carbonyl (C=O) groups is 1. The van der Waals surface area contributed by atoms with Gasteiger partial charge in [0.05, 0.1) is 12.2 Å². The SMILES string of the molecule is CCOc1ccc2ccccc2c1C(=O)NCCN1CCN(c2ccc(F)cc2)CC1. The number of benzene rings is 3. The van der Waals surface area contributed by atoms with Gasteiger partial charge in [-0.1, -0.05) is 30.3 Å². The molecule has 1 amide bonds. The molecular formula is C25H28FN3O2. The Morgan fingerprint density at radius 1 is 1.00 bits per heavy atom. The Kier molecular flexibility index (Phi) is 6.67. The number of fused-ring (bicyclic) bond motifs is 1. The Morgan fingerprint density at radius 3 is 2.48 bits per heavy atom. The topological polar surface area (TPSA) is 44.8 Å². The summed E-state index contributed by atoms with van der Waals surface area (Å²) in [5.41, 5.74) is 1.65. The van der Waals surface area contributed by atoms with Crippen molar-refractivity contribution < 1.29 is 13.9 Å². The molecule has 0 radical (unpaired) electrons. The highest BCUT2D eigenvalue weighted by molar-refractivity contribution is 6.09. The van der Waals surface area contributed by atoms with Gasteiger partial charge in [0.2, 0.25) is 0 Å². The number of piperazine rings is 1. The molecule has 5 nitrogen and oxygen atoms in total. The van der Waals surface area contributed by atoms with Crippen molar-refractivity contribution in [3.63, 3.8) is 0 Å². The van der Waals surface area contributed by atoms with Gasteiger partial charge in [-0.05, 0) is 48.0 Å². The summed E-state index contributed by atoms with van der Waals surface area (Å²) in [5, 5.41) is 4.99. The van der Waals surface area contributed by atoms with Crippen LogP contribution < -0.4 is 15.0 Å². The van der Waals surface area contributed by atoms with Crippen LogP contribution in [0.25, 0.3) is 10.8 Å². The van der Waals surface area contributed by atoms with Crippen molar-refractivity contribution >= 4 is 22.4 Å². The average molecular weight is 422 g/mol. The van der Waals surface area contributed by atoms with E-state index in [1.807, 2.05) is 55.5 Å². The number of ether oxygens (including phenoxy) is 1. The van der Waals surface area contributed by atoms with E-state index in [0.717, 1.165) is 49.2 Å². The average Bonchev–Trinajstić information content (AvgIpc) is 2.80. The van der Waals surface area contributed by atoms with Crippen molar-refractivity contribution in [3.05, 3.63) is 72.0 Å². The first-order valence-corrected chi connectivity index (χ1v) is 10.8. The number of rotatable bonds is 7. The maximum atomic E-state index is 13.1. The number of amides is 1. The molecule has 1 aliphatic rings. The highest BCUT2D eigenvalue weighted by Gasteiger charge is 2.19. The molecule has 0 aromatic heterocycles. The molecule has 0 unspecified atom stereocenters. The fourth-order valence-electron chi connectivity index (χ4n) is 4.06. The highest BCUT2D eigenvalue weighted by atomic mass is 19.1. The van der Waals surface area contributed by atoms with Crippen LogP contribution in [0.15, 0.2) is 60.7 Å². The first-order chi connectivity index (χ1) is 15.2. The number of anilines is 1. The first kappa shape index (κ1) is 21.1. The van der Waals surface area contributed by atoms with Gasteiger partial charge in [0.1, 0.15) is 11.6 Å². The number of halogens is 1. The van der Waals surface area contributed by atoms with Crippen LogP contribution in [-0.2, 0) is 0 Å². The Labute approximate surface area is 182 Å². The van der Waals surface area contributed by atoms with Gasteiger partial charge in [0.25, 0.3) is 5.91 Å². The third kappa shape index (κ3) is 4.97. The lowest BCUT2D eigenvalue weighted by molar-refractivity contribution is 0.0946. The Bertz CT molecular complexity index is 1030. The second-order valence-electron chi connectivity index (χ2n) is 7.65. The number of carbonyl (C=O) groups excluding carboxylic acids is 1. The zero-order valence-electron chi connectivity index (χ0n) is 17.8. The van der Waals surface area contributed by atoms with Gasteiger partial charge in [-0.3, -0.25) is 9.69 Å². The molecule has 1 N–H and O–H groups in total. The van der Waals surface area contributed by atoms with Gasteiger partial charge in [0, 0.05) is 45.0 Å². The van der Waals surface area contributed by atoms with E-state index in [2.05, 4.69) is 15.1 Å². The Hall–Kier alpha value is -3.12. The molecule has 0 atom stereocenters. The van der Waals surface area contributed by atoms with E-state index in [1.165, 1.54) is 12.1 Å². The van der Waals surface area contributed by atoms with Crippen LogP contribution in [0.5, 0.6) is 5.75 Å². The number of hydrogen-bond acceptors (Lipinski definition) is 4. The van der Waals surface area contributed by atoms with Gasteiger partial charge in [-0.15, -0.1) is 0 Å². The maximum Gasteiger partial charge on any atom is 0.255 e. The predicted molar refractivity (Wildman–Crippen MR) is 123 cm³/mol. The Morgan fingerprint density at radius 2 is 1.74 bits per heavy atom. The fraction of sp³-hybridized carbons (Fsp3) is 0.320. The van der Waals surface area contributed by atoms with E-state index < -0.39 is 0 Å². The summed E-state index contributed by atoms with van der Waals surface area (Å²) in [6.45, 7) is 7.38. The van der Waals surface area contributed by atoms with Crippen molar-refractivity contribution in [2.24, 2.45) is 0 Å². The van der Waals surface area contributed by atoms with E-state index in [4.69, 9.17) is 4.74 Å². The van der Waals surface area contributed by atoms with Crippen LogP contribution in [0, 0.1) is 5.82 Å². The zero-order chi connectivity index (χ0) is 21.6. The number of nitrogens with one attached hydrogen (secondary N) is 1. The standard InChI is InChI=1S/C25H28FN3O2/c1-2-31-23-12-7-19-5-3-4-6-22(19)24(23)25(30)27-13-14-28-15-17-29(18-16-28)21-10-8-20(26)9-11-21/h3-12H,2,13-18H2,1H3,(H,27,30). The van der Waals surface area contributed by atoms with Gasteiger partial charge < -0.3 is 15.0 Å². The molecule has 1 aliphatic heterocycles. The van der Waals surface area contributed by atoms with Crippen molar-refractivity contribution in [1.29, 1.82) is 0 Å². The van der Waals surface area contributed by atoms with Crippen LogP contribution in [-0.4, -0.2) is 56.7 Å². The second-order valence-corrected chi connectivity index (χ2v) is 7.65. The minimum Gasteiger partial charge on any atom is -0.493 e. The minimum absolute atomic E-state index is 0.106.